The maximum absolute atomic E-state index is 13.8. The highest BCUT2D eigenvalue weighted by molar-refractivity contribution is 7.07. The van der Waals surface area contributed by atoms with Crippen LogP contribution in [0.5, 0.6) is 5.75 Å². The summed E-state index contributed by atoms with van der Waals surface area (Å²) in [7, 11) is 1.57. The van der Waals surface area contributed by atoms with Gasteiger partial charge in [-0.1, -0.05) is 29.5 Å². The van der Waals surface area contributed by atoms with E-state index in [1.807, 2.05) is 19.1 Å². The molecule has 2 aromatic heterocycles. The molecule has 3 heterocycles. The van der Waals surface area contributed by atoms with Gasteiger partial charge in [0.25, 0.3) is 5.56 Å². The summed E-state index contributed by atoms with van der Waals surface area (Å²) in [6.07, 6.45) is 1.62. The van der Waals surface area contributed by atoms with Crippen LogP contribution in [0.15, 0.2) is 80.1 Å². The quantitative estimate of drug-likeness (QED) is 0.340. The zero-order valence-corrected chi connectivity index (χ0v) is 23.1. The number of thiazole rings is 1. The van der Waals surface area contributed by atoms with E-state index in [1.54, 1.807) is 63.4 Å². The van der Waals surface area contributed by atoms with Crippen LogP contribution >= 0.6 is 11.3 Å². The van der Waals surface area contributed by atoms with Gasteiger partial charge in [-0.15, -0.1) is 0 Å². The second-order valence-corrected chi connectivity index (χ2v) is 10.1. The SMILES string of the molecule is CCOC(=O)C1=C(C)N=c2s/c(=C\c3ccc(-c4cc(C(=O)O)ccc4C)o3)c(=O)n2[C@@H]1c1ccc(OC)cc1. The number of carbonyl (C=O) groups excluding carboxylic acids is 1. The lowest BCUT2D eigenvalue weighted by molar-refractivity contribution is -0.139. The van der Waals surface area contributed by atoms with E-state index in [-0.39, 0.29) is 17.7 Å². The lowest BCUT2D eigenvalue weighted by Crippen LogP contribution is -2.39. The number of aromatic nitrogens is 1. The summed E-state index contributed by atoms with van der Waals surface area (Å²) in [5.74, 6) is -0.0160. The number of carboxylic acids is 1. The molecule has 9 nitrogen and oxygen atoms in total. The van der Waals surface area contributed by atoms with E-state index in [4.69, 9.17) is 13.9 Å². The minimum Gasteiger partial charge on any atom is -0.497 e. The third kappa shape index (κ3) is 4.89. The Hall–Kier alpha value is -4.70. The number of furan rings is 1. The third-order valence-corrected chi connectivity index (χ3v) is 7.58. The number of hydrogen-bond donors (Lipinski definition) is 1. The number of carboxylic acid groups (broad SMARTS) is 1. The van der Waals surface area contributed by atoms with Gasteiger partial charge >= 0.3 is 11.9 Å². The fourth-order valence-electron chi connectivity index (χ4n) is 4.62. The van der Waals surface area contributed by atoms with Crippen molar-refractivity contribution >= 4 is 29.4 Å². The van der Waals surface area contributed by atoms with Crippen LogP contribution in [-0.2, 0) is 9.53 Å². The largest absolute Gasteiger partial charge is 0.497 e. The Kier molecular flexibility index (Phi) is 7.27. The molecule has 0 saturated carbocycles. The summed E-state index contributed by atoms with van der Waals surface area (Å²) in [5.41, 5.74) is 2.79. The first-order chi connectivity index (χ1) is 19.2. The number of fused-ring (bicyclic) bond motifs is 1. The second kappa shape index (κ2) is 10.8. The summed E-state index contributed by atoms with van der Waals surface area (Å²) >= 11 is 1.19. The molecule has 5 rings (SSSR count). The molecule has 4 aromatic rings. The van der Waals surface area contributed by atoms with Crippen LogP contribution in [0.4, 0.5) is 0 Å². The molecule has 2 aromatic carbocycles. The van der Waals surface area contributed by atoms with E-state index in [0.29, 0.717) is 49.0 Å². The molecule has 1 aliphatic heterocycles. The Morgan fingerprint density at radius 1 is 1.12 bits per heavy atom. The highest BCUT2D eigenvalue weighted by Crippen LogP contribution is 2.32. The Labute approximate surface area is 232 Å². The predicted molar refractivity (Wildman–Crippen MR) is 149 cm³/mol. The first-order valence-corrected chi connectivity index (χ1v) is 13.3. The van der Waals surface area contributed by atoms with Crippen LogP contribution in [0.3, 0.4) is 0 Å². The smallest absolute Gasteiger partial charge is 0.338 e. The Balaban J connectivity index is 1.62. The molecular weight excluding hydrogens is 532 g/mol. The number of aromatic carboxylic acids is 1. The van der Waals surface area contributed by atoms with E-state index in [1.165, 1.54) is 22.0 Å². The van der Waals surface area contributed by atoms with Crippen molar-refractivity contribution in [3.8, 4) is 17.1 Å². The summed E-state index contributed by atoms with van der Waals surface area (Å²) < 4.78 is 18.5. The fourth-order valence-corrected chi connectivity index (χ4v) is 5.64. The van der Waals surface area contributed by atoms with Crippen molar-refractivity contribution < 1.29 is 28.6 Å². The van der Waals surface area contributed by atoms with Crippen LogP contribution in [-0.4, -0.2) is 35.3 Å². The number of methoxy groups -OCH3 is 1. The minimum absolute atomic E-state index is 0.151. The molecular formula is C30H26N2O7S. The van der Waals surface area contributed by atoms with Gasteiger partial charge in [0.1, 0.15) is 17.3 Å². The molecule has 1 atom stereocenters. The fraction of sp³-hybridized carbons (Fsp3) is 0.200. The van der Waals surface area contributed by atoms with Gasteiger partial charge in [0, 0.05) is 11.6 Å². The molecule has 0 saturated heterocycles. The number of aryl methyl sites for hydroxylation is 1. The first-order valence-electron chi connectivity index (χ1n) is 12.5. The molecule has 1 aliphatic rings. The summed E-state index contributed by atoms with van der Waals surface area (Å²) in [5, 5.41) is 9.37. The third-order valence-electron chi connectivity index (χ3n) is 6.60. The zero-order chi connectivity index (χ0) is 28.6. The van der Waals surface area contributed by atoms with Gasteiger partial charge in [0.2, 0.25) is 0 Å². The molecule has 0 amide bonds. The van der Waals surface area contributed by atoms with Gasteiger partial charge in [-0.3, -0.25) is 9.36 Å². The molecule has 40 heavy (non-hydrogen) atoms. The Morgan fingerprint density at radius 2 is 1.88 bits per heavy atom. The van der Waals surface area contributed by atoms with Crippen LogP contribution in [0.2, 0.25) is 0 Å². The van der Waals surface area contributed by atoms with Gasteiger partial charge in [0.15, 0.2) is 4.80 Å². The lowest BCUT2D eigenvalue weighted by Gasteiger charge is -2.24. The van der Waals surface area contributed by atoms with E-state index in [0.717, 1.165) is 5.56 Å². The molecule has 0 fully saturated rings. The minimum atomic E-state index is -1.03. The van der Waals surface area contributed by atoms with E-state index >= 15 is 0 Å². The lowest BCUT2D eigenvalue weighted by atomic mass is 9.96. The van der Waals surface area contributed by atoms with Crippen LogP contribution in [0.1, 0.15) is 47.1 Å². The molecule has 10 heteroatoms. The van der Waals surface area contributed by atoms with Crippen molar-refractivity contribution in [1.82, 2.24) is 4.57 Å². The zero-order valence-electron chi connectivity index (χ0n) is 22.3. The number of esters is 1. The number of benzene rings is 2. The average Bonchev–Trinajstić information content (AvgIpc) is 3.52. The number of carbonyl (C=O) groups is 2. The monoisotopic (exact) mass is 558 g/mol. The molecule has 1 N–H and O–H groups in total. The van der Waals surface area contributed by atoms with Crippen molar-refractivity contribution in [2.45, 2.75) is 26.8 Å². The van der Waals surface area contributed by atoms with Gasteiger partial charge in [-0.2, -0.15) is 0 Å². The summed E-state index contributed by atoms with van der Waals surface area (Å²) in [6, 6.07) is 14.7. The van der Waals surface area contributed by atoms with Crippen LogP contribution in [0.25, 0.3) is 17.4 Å². The predicted octanol–water partition coefficient (Wildman–Crippen LogP) is 4.07. The summed E-state index contributed by atoms with van der Waals surface area (Å²) in [6.45, 7) is 5.50. The number of ether oxygens (including phenoxy) is 2. The molecule has 204 valence electrons. The van der Waals surface area contributed by atoms with Crippen molar-refractivity contribution in [2.75, 3.05) is 13.7 Å². The normalized spacial score (nSPS) is 15.0. The van der Waals surface area contributed by atoms with E-state index in [9.17, 15) is 19.5 Å². The number of allylic oxidation sites excluding steroid dienone is 1. The number of rotatable bonds is 7. The van der Waals surface area contributed by atoms with Gasteiger partial charge in [-0.25, -0.2) is 14.6 Å². The maximum atomic E-state index is 13.8. The van der Waals surface area contributed by atoms with Crippen molar-refractivity contribution in [3.05, 3.63) is 108 Å². The van der Waals surface area contributed by atoms with E-state index < -0.39 is 18.0 Å². The van der Waals surface area contributed by atoms with Crippen LogP contribution < -0.4 is 19.6 Å². The average molecular weight is 559 g/mol. The highest BCUT2D eigenvalue weighted by Gasteiger charge is 2.33. The van der Waals surface area contributed by atoms with Crippen molar-refractivity contribution in [1.29, 1.82) is 0 Å². The Morgan fingerprint density at radius 3 is 2.55 bits per heavy atom. The molecule has 0 aliphatic carbocycles. The number of hydrogen-bond acceptors (Lipinski definition) is 8. The highest BCUT2D eigenvalue weighted by atomic mass is 32.1. The Bertz CT molecular complexity index is 1840. The standard InChI is InChI=1S/C30H26N2O7S/c1-5-38-29(36)25-17(3)31-30-32(26(25)18-8-10-20(37-4)11-9-18)27(33)24(40-30)15-21-12-13-23(39-21)22-14-19(28(34)35)7-6-16(22)2/h6-15,26H,5H2,1-4H3,(H,34,35)/b24-15-/t26-/m1/s1. The van der Waals surface area contributed by atoms with Crippen molar-refractivity contribution in [3.63, 3.8) is 0 Å². The topological polar surface area (TPSA) is 120 Å². The van der Waals surface area contributed by atoms with Crippen LogP contribution in [0, 0.1) is 6.92 Å². The molecule has 0 bridgehead atoms. The first kappa shape index (κ1) is 26.9. The summed E-state index contributed by atoms with van der Waals surface area (Å²) in [4.78, 5) is 43.3. The maximum Gasteiger partial charge on any atom is 0.338 e. The van der Waals surface area contributed by atoms with Crippen molar-refractivity contribution in [2.24, 2.45) is 4.99 Å². The molecule has 0 spiro atoms. The molecule has 0 unspecified atom stereocenters. The van der Waals surface area contributed by atoms with E-state index in [2.05, 4.69) is 4.99 Å². The number of nitrogens with zero attached hydrogens (tertiary/aromatic N) is 2. The van der Waals surface area contributed by atoms with Gasteiger partial charge in [0.05, 0.1) is 41.1 Å². The second-order valence-electron chi connectivity index (χ2n) is 9.11. The van der Waals surface area contributed by atoms with Gasteiger partial charge < -0.3 is 19.0 Å². The van der Waals surface area contributed by atoms with Gasteiger partial charge in [-0.05, 0) is 68.3 Å². The molecule has 0 radical (unpaired) electrons.